The van der Waals surface area contributed by atoms with Gasteiger partial charge >= 0.3 is 0 Å². The van der Waals surface area contributed by atoms with Crippen LogP contribution in [-0.4, -0.2) is 64.4 Å². The molecule has 174 valence electrons. The number of amides is 2. The minimum Gasteiger partial charge on any atom is -0.477 e. The fourth-order valence-corrected chi connectivity index (χ4v) is 4.80. The first-order valence-corrected chi connectivity index (χ1v) is 12.2. The number of hydrogen-bond donors (Lipinski definition) is 0. The highest BCUT2D eigenvalue weighted by Crippen LogP contribution is 2.34. The van der Waals surface area contributed by atoms with E-state index < -0.39 is 0 Å². The molecule has 1 aliphatic heterocycles. The summed E-state index contributed by atoms with van der Waals surface area (Å²) in [5.74, 6) is 2.31. The van der Waals surface area contributed by atoms with Gasteiger partial charge in [0.15, 0.2) is 5.82 Å². The Hall–Kier alpha value is -2.96. The number of carbonyl (C=O) groups is 2. The van der Waals surface area contributed by atoms with Crippen LogP contribution in [0.1, 0.15) is 43.9 Å². The molecule has 7 heteroatoms. The van der Waals surface area contributed by atoms with Crippen LogP contribution in [0.3, 0.4) is 0 Å². The average Bonchev–Trinajstić information content (AvgIpc) is 3.69. The number of aryl methyl sites for hydroxylation is 1. The molecule has 33 heavy (non-hydrogen) atoms. The van der Waals surface area contributed by atoms with Crippen molar-refractivity contribution in [3.8, 4) is 17.3 Å². The van der Waals surface area contributed by atoms with E-state index in [2.05, 4.69) is 0 Å². The summed E-state index contributed by atoms with van der Waals surface area (Å²) in [6.45, 7) is 4.79. The third-order valence-electron chi connectivity index (χ3n) is 7.10. The molecule has 0 bridgehead atoms. The molecule has 0 radical (unpaired) electrons. The summed E-state index contributed by atoms with van der Waals surface area (Å²) in [6.07, 6.45) is 5.53. The zero-order chi connectivity index (χ0) is 22.8. The van der Waals surface area contributed by atoms with Crippen molar-refractivity contribution in [2.45, 2.75) is 45.4 Å². The minimum absolute atomic E-state index is 0.0282. The SMILES string of the molecule is CC(=O)N1CCN(C(=O)C2CCc3nc(-c4ccccc4)nc(OCC4CC4)c3CC2)CC1. The van der Waals surface area contributed by atoms with Crippen LogP contribution < -0.4 is 4.74 Å². The molecule has 0 spiro atoms. The van der Waals surface area contributed by atoms with E-state index in [1.165, 1.54) is 12.8 Å². The zero-order valence-electron chi connectivity index (χ0n) is 19.3. The van der Waals surface area contributed by atoms with Crippen molar-refractivity contribution in [1.82, 2.24) is 19.8 Å². The van der Waals surface area contributed by atoms with E-state index in [1.54, 1.807) is 6.92 Å². The quantitative estimate of drug-likeness (QED) is 0.657. The smallest absolute Gasteiger partial charge is 0.225 e. The Morgan fingerprint density at radius 1 is 0.939 bits per heavy atom. The summed E-state index contributed by atoms with van der Waals surface area (Å²) < 4.78 is 6.21. The summed E-state index contributed by atoms with van der Waals surface area (Å²) in [5, 5.41) is 0. The molecular formula is C26H32N4O3. The van der Waals surface area contributed by atoms with Crippen LogP contribution in [0.5, 0.6) is 5.88 Å². The average molecular weight is 449 g/mol. The second-order valence-corrected chi connectivity index (χ2v) is 9.50. The number of hydrogen-bond acceptors (Lipinski definition) is 5. The van der Waals surface area contributed by atoms with Crippen molar-refractivity contribution < 1.29 is 14.3 Å². The molecule has 1 atom stereocenters. The number of nitrogens with zero attached hydrogens (tertiary/aromatic N) is 4. The van der Waals surface area contributed by atoms with Gasteiger partial charge in [-0.2, -0.15) is 4.98 Å². The molecule has 2 amide bonds. The predicted octanol–water partition coefficient (Wildman–Crippen LogP) is 3.12. The molecule has 1 saturated heterocycles. The second kappa shape index (κ2) is 9.49. The van der Waals surface area contributed by atoms with E-state index in [9.17, 15) is 9.59 Å². The largest absolute Gasteiger partial charge is 0.477 e. The van der Waals surface area contributed by atoms with Crippen molar-refractivity contribution in [1.29, 1.82) is 0 Å². The van der Waals surface area contributed by atoms with E-state index >= 15 is 0 Å². The third-order valence-corrected chi connectivity index (χ3v) is 7.10. The van der Waals surface area contributed by atoms with Gasteiger partial charge in [0.05, 0.1) is 12.3 Å². The molecule has 0 N–H and O–H groups in total. The number of ether oxygens (including phenoxy) is 1. The lowest BCUT2D eigenvalue weighted by Crippen LogP contribution is -2.51. The van der Waals surface area contributed by atoms with Crippen LogP contribution in [0.2, 0.25) is 0 Å². The van der Waals surface area contributed by atoms with Gasteiger partial charge in [0.1, 0.15) is 0 Å². The molecule has 3 aliphatic rings. The van der Waals surface area contributed by atoms with Crippen LogP contribution in [-0.2, 0) is 22.4 Å². The summed E-state index contributed by atoms with van der Waals surface area (Å²) in [6, 6.07) is 10.0. The fraction of sp³-hybridized carbons (Fsp3) is 0.538. The first-order chi connectivity index (χ1) is 16.1. The summed E-state index contributed by atoms with van der Waals surface area (Å²) in [7, 11) is 0. The van der Waals surface area contributed by atoms with E-state index in [0.717, 1.165) is 42.5 Å². The highest BCUT2D eigenvalue weighted by molar-refractivity contribution is 5.80. The second-order valence-electron chi connectivity index (χ2n) is 9.50. The lowest BCUT2D eigenvalue weighted by atomic mass is 9.97. The lowest BCUT2D eigenvalue weighted by Gasteiger charge is -2.36. The van der Waals surface area contributed by atoms with Gasteiger partial charge in [0.25, 0.3) is 0 Å². The summed E-state index contributed by atoms with van der Waals surface area (Å²) in [5.41, 5.74) is 3.08. The molecular weight excluding hydrogens is 416 g/mol. The van der Waals surface area contributed by atoms with Crippen molar-refractivity contribution in [2.24, 2.45) is 11.8 Å². The van der Waals surface area contributed by atoms with Crippen molar-refractivity contribution in [3.63, 3.8) is 0 Å². The number of aromatic nitrogens is 2. The Kier molecular flexibility index (Phi) is 6.29. The highest BCUT2D eigenvalue weighted by atomic mass is 16.5. The maximum atomic E-state index is 13.3. The van der Waals surface area contributed by atoms with E-state index in [4.69, 9.17) is 14.7 Å². The lowest BCUT2D eigenvalue weighted by molar-refractivity contribution is -0.141. The van der Waals surface area contributed by atoms with Gasteiger partial charge in [-0.3, -0.25) is 9.59 Å². The van der Waals surface area contributed by atoms with Gasteiger partial charge in [-0.1, -0.05) is 30.3 Å². The molecule has 2 aliphatic carbocycles. The van der Waals surface area contributed by atoms with Crippen LogP contribution in [0.15, 0.2) is 30.3 Å². The minimum atomic E-state index is -0.0282. The zero-order valence-corrected chi connectivity index (χ0v) is 19.3. The summed E-state index contributed by atoms with van der Waals surface area (Å²) in [4.78, 5) is 38.4. The monoisotopic (exact) mass is 448 g/mol. The molecule has 2 fully saturated rings. The van der Waals surface area contributed by atoms with Crippen LogP contribution in [0, 0.1) is 11.8 Å². The number of rotatable bonds is 5. The Morgan fingerprint density at radius 2 is 1.64 bits per heavy atom. The number of benzene rings is 1. The molecule has 2 heterocycles. The fourth-order valence-electron chi connectivity index (χ4n) is 4.80. The van der Waals surface area contributed by atoms with Gasteiger partial charge in [-0.15, -0.1) is 0 Å². The highest BCUT2D eigenvalue weighted by Gasteiger charge is 2.31. The van der Waals surface area contributed by atoms with Crippen molar-refractivity contribution in [2.75, 3.05) is 32.8 Å². The maximum Gasteiger partial charge on any atom is 0.225 e. The first kappa shape index (κ1) is 21.9. The normalized spacial score (nSPS) is 20.7. The third kappa shape index (κ3) is 5.02. The molecule has 1 aromatic heterocycles. The van der Waals surface area contributed by atoms with Gasteiger partial charge in [-0.25, -0.2) is 4.98 Å². The molecule has 2 aromatic rings. The Bertz CT molecular complexity index is 1010. The Labute approximate surface area is 195 Å². The maximum absolute atomic E-state index is 13.3. The van der Waals surface area contributed by atoms with Crippen LogP contribution in [0.4, 0.5) is 0 Å². The Balaban J connectivity index is 1.33. The molecule has 1 aromatic carbocycles. The van der Waals surface area contributed by atoms with E-state index in [1.807, 2.05) is 40.1 Å². The van der Waals surface area contributed by atoms with Crippen LogP contribution in [0.25, 0.3) is 11.4 Å². The molecule has 7 nitrogen and oxygen atoms in total. The van der Waals surface area contributed by atoms with Gasteiger partial charge in [-0.05, 0) is 44.4 Å². The molecule has 1 unspecified atom stereocenters. The van der Waals surface area contributed by atoms with Gasteiger partial charge in [0.2, 0.25) is 17.7 Å². The first-order valence-electron chi connectivity index (χ1n) is 12.2. The number of fused-ring (bicyclic) bond motifs is 1. The summed E-state index contributed by atoms with van der Waals surface area (Å²) >= 11 is 0. The van der Waals surface area contributed by atoms with Crippen LogP contribution >= 0.6 is 0 Å². The van der Waals surface area contributed by atoms with E-state index in [0.29, 0.717) is 50.4 Å². The van der Waals surface area contributed by atoms with Crippen molar-refractivity contribution >= 4 is 11.8 Å². The van der Waals surface area contributed by atoms with Crippen molar-refractivity contribution in [3.05, 3.63) is 41.6 Å². The number of piperazine rings is 1. The number of carbonyl (C=O) groups excluding carboxylic acids is 2. The predicted molar refractivity (Wildman–Crippen MR) is 125 cm³/mol. The van der Waals surface area contributed by atoms with Gasteiger partial charge < -0.3 is 14.5 Å². The van der Waals surface area contributed by atoms with E-state index in [-0.39, 0.29) is 17.7 Å². The molecule has 1 saturated carbocycles. The standard InChI is InChI=1S/C26H32N4O3/c1-18(31)29-13-15-30(16-14-29)26(32)21-9-11-22-23(12-10-21)27-24(20-5-3-2-4-6-20)28-25(22)33-17-19-7-8-19/h2-6,19,21H,7-17H2,1H3. The topological polar surface area (TPSA) is 75.6 Å². The molecule has 5 rings (SSSR count). The Morgan fingerprint density at radius 3 is 2.33 bits per heavy atom. The van der Waals surface area contributed by atoms with Gasteiger partial charge in [0, 0.05) is 50.1 Å².